The Morgan fingerprint density at radius 3 is 1.33 bits per heavy atom. The van der Waals surface area contributed by atoms with Crippen LogP contribution >= 0.6 is 23.2 Å². The molecular formula is C56H44Cl2N10O4. The largest absolute Gasteiger partial charge is 0.492 e. The molecule has 4 heterocycles. The molecule has 0 aliphatic rings. The van der Waals surface area contributed by atoms with Crippen LogP contribution in [0.1, 0.15) is 43.5 Å². The maximum Gasteiger partial charge on any atom is 0.300 e. The molecule has 0 atom stereocenters. The molecule has 0 amide bonds. The number of carboxylic acids is 1. The molecule has 3 N–H and O–H groups in total. The number of aromatic nitrogens is 8. The van der Waals surface area contributed by atoms with Crippen LogP contribution < -0.4 is 9.47 Å². The lowest BCUT2D eigenvalue weighted by Crippen LogP contribution is -1.95. The number of carbonyl (C=O) groups is 1. The molecule has 0 unspecified atom stereocenters. The van der Waals surface area contributed by atoms with Crippen molar-refractivity contribution in [2.24, 2.45) is 0 Å². The van der Waals surface area contributed by atoms with Crippen molar-refractivity contribution >= 4 is 74.5 Å². The van der Waals surface area contributed by atoms with E-state index in [1.54, 1.807) is 21.5 Å². The van der Waals surface area contributed by atoms with Crippen molar-refractivity contribution in [1.82, 2.24) is 39.5 Å². The van der Waals surface area contributed by atoms with Crippen molar-refractivity contribution in [2.45, 2.75) is 20.8 Å². The summed E-state index contributed by atoms with van der Waals surface area (Å²) in [6.07, 6.45) is 7.39. The molecule has 10 aromatic rings. The number of nitrogens with one attached hydrogen (secondary N) is 2. The summed E-state index contributed by atoms with van der Waals surface area (Å²) in [6, 6.07) is 50.7. The van der Waals surface area contributed by atoms with Gasteiger partial charge in [0.1, 0.15) is 46.7 Å². The minimum Gasteiger partial charge on any atom is -0.492 e. The number of rotatable bonds is 12. The lowest BCUT2D eigenvalue weighted by atomic mass is 10.1. The quantitative estimate of drug-likeness (QED) is 0.0991. The van der Waals surface area contributed by atoms with Gasteiger partial charge in [-0.3, -0.25) is 4.79 Å². The number of halogens is 2. The van der Waals surface area contributed by atoms with Gasteiger partial charge >= 0.3 is 0 Å². The molecule has 14 nitrogen and oxygen atoms in total. The van der Waals surface area contributed by atoms with Crippen molar-refractivity contribution in [1.29, 1.82) is 10.5 Å². The Morgan fingerprint density at radius 2 is 0.986 bits per heavy atom. The van der Waals surface area contributed by atoms with E-state index < -0.39 is 5.97 Å². The molecule has 0 spiro atoms. The van der Waals surface area contributed by atoms with Gasteiger partial charge in [-0.25, -0.2) is 19.3 Å². The van der Waals surface area contributed by atoms with Crippen LogP contribution in [0.4, 0.5) is 0 Å². The van der Waals surface area contributed by atoms with E-state index in [0.29, 0.717) is 68.9 Å². The van der Waals surface area contributed by atoms with Crippen molar-refractivity contribution in [3.05, 3.63) is 191 Å². The van der Waals surface area contributed by atoms with Crippen molar-refractivity contribution in [3.63, 3.8) is 0 Å². The topological polar surface area (TPSA) is 196 Å². The summed E-state index contributed by atoms with van der Waals surface area (Å²) in [5.41, 5.74) is 10.5. The Balaban J connectivity index is 0.000000179. The zero-order valence-corrected chi connectivity index (χ0v) is 40.6. The zero-order valence-electron chi connectivity index (χ0n) is 39.1. The number of carboxylic acid groups (broad SMARTS) is 1. The molecule has 0 aliphatic heterocycles. The summed E-state index contributed by atoms with van der Waals surface area (Å²) in [5.74, 6) is 1.42. The minimum absolute atomic E-state index is 0.405. The van der Waals surface area contributed by atoms with E-state index in [9.17, 15) is 10.5 Å². The number of allylic oxidation sites excluding steroid dienone is 2. The van der Waals surface area contributed by atoms with Gasteiger partial charge in [0.25, 0.3) is 5.97 Å². The Bertz CT molecular complexity index is 3370. The number of imidazole rings is 2. The van der Waals surface area contributed by atoms with Crippen LogP contribution in [-0.2, 0) is 4.79 Å². The number of benzene rings is 6. The van der Waals surface area contributed by atoms with Crippen LogP contribution in [0.3, 0.4) is 0 Å². The van der Waals surface area contributed by atoms with E-state index in [1.807, 2.05) is 172 Å². The van der Waals surface area contributed by atoms with Crippen LogP contribution in [0.2, 0.25) is 10.0 Å². The van der Waals surface area contributed by atoms with Crippen LogP contribution in [0, 0.1) is 22.7 Å². The van der Waals surface area contributed by atoms with Crippen molar-refractivity contribution in [2.75, 3.05) is 13.2 Å². The van der Waals surface area contributed by atoms with E-state index in [0.717, 1.165) is 62.6 Å². The van der Waals surface area contributed by atoms with Gasteiger partial charge in [-0.05, 0) is 111 Å². The highest BCUT2D eigenvalue weighted by Crippen LogP contribution is 2.35. The van der Waals surface area contributed by atoms with E-state index in [2.05, 4.69) is 32.1 Å². The van der Waals surface area contributed by atoms with Crippen LogP contribution in [0.15, 0.2) is 158 Å². The maximum atomic E-state index is 9.95. The Morgan fingerprint density at radius 1 is 0.611 bits per heavy atom. The number of para-hydroxylation sites is 6. The van der Waals surface area contributed by atoms with Gasteiger partial charge in [-0.2, -0.15) is 20.7 Å². The second-order valence-corrected chi connectivity index (χ2v) is 16.5. The summed E-state index contributed by atoms with van der Waals surface area (Å²) in [5, 5.41) is 38.0. The highest BCUT2D eigenvalue weighted by molar-refractivity contribution is 6.32. The number of ether oxygens (including phenoxy) is 2. The third-order valence-corrected chi connectivity index (χ3v) is 11.3. The first-order chi connectivity index (χ1) is 35.0. The highest BCUT2D eigenvalue weighted by atomic mass is 35.5. The van der Waals surface area contributed by atoms with Crippen molar-refractivity contribution in [3.8, 4) is 57.5 Å². The first kappa shape index (κ1) is 49.2. The molecule has 4 aromatic heterocycles. The lowest BCUT2D eigenvalue weighted by molar-refractivity contribution is -0.134. The number of nitrogens with zero attached hydrogens (tertiary/aromatic N) is 8. The molecule has 72 heavy (non-hydrogen) atoms. The number of nitriles is 2. The summed E-state index contributed by atoms with van der Waals surface area (Å²) in [7, 11) is 0. The third kappa shape index (κ3) is 11.6. The van der Waals surface area contributed by atoms with Crippen LogP contribution in [0.5, 0.6) is 11.5 Å². The zero-order chi connectivity index (χ0) is 50.6. The highest BCUT2D eigenvalue weighted by Gasteiger charge is 2.18. The van der Waals surface area contributed by atoms with E-state index in [-0.39, 0.29) is 0 Å². The minimum atomic E-state index is -0.833. The summed E-state index contributed by atoms with van der Waals surface area (Å²) >= 11 is 12.9. The summed E-state index contributed by atoms with van der Waals surface area (Å²) < 4.78 is 14.7. The first-order valence-corrected chi connectivity index (χ1v) is 23.3. The average molecular weight is 992 g/mol. The molecule has 356 valence electrons. The van der Waals surface area contributed by atoms with Gasteiger partial charge < -0.3 is 24.5 Å². The summed E-state index contributed by atoms with van der Waals surface area (Å²) in [6.45, 7) is 5.96. The second kappa shape index (κ2) is 22.9. The van der Waals surface area contributed by atoms with Crippen molar-refractivity contribution < 1.29 is 19.4 Å². The van der Waals surface area contributed by atoms with Gasteiger partial charge in [0, 0.05) is 41.6 Å². The average Bonchev–Trinajstić information content (AvgIpc) is 4.22. The normalized spacial score (nSPS) is 11.2. The number of aromatic amines is 2. The first-order valence-electron chi connectivity index (χ1n) is 22.5. The molecule has 0 saturated heterocycles. The third-order valence-electron chi connectivity index (χ3n) is 10.7. The number of fused-ring (bicyclic) bond motifs is 2. The van der Waals surface area contributed by atoms with E-state index >= 15 is 0 Å². The maximum absolute atomic E-state index is 9.95. The van der Waals surface area contributed by atoms with Gasteiger partial charge in [-0.15, -0.1) is 0 Å². The van der Waals surface area contributed by atoms with Crippen LogP contribution in [-0.4, -0.2) is 63.8 Å². The number of hydrogen-bond donors (Lipinski definition) is 3. The Labute approximate surface area is 424 Å². The molecule has 0 radical (unpaired) electrons. The fraction of sp³-hybridized carbons (Fsp3) is 0.0893. The Kier molecular flexibility index (Phi) is 15.7. The number of aliphatic carboxylic acids is 1. The Hall–Kier alpha value is -9.21. The molecule has 0 bridgehead atoms. The molecule has 0 aliphatic carbocycles. The molecule has 10 rings (SSSR count). The van der Waals surface area contributed by atoms with E-state index in [1.165, 1.54) is 0 Å². The predicted octanol–water partition coefficient (Wildman–Crippen LogP) is 13.2. The fourth-order valence-electron chi connectivity index (χ4n) is 7.48. The number of hydrogen-bond acceptors (Lipinski definition) is 9. The molecular weight excluding hydrogens is 948 g/mol. The molecule has 16 heteroatoms. The number of H-pyrrole nitrogens is 2. The van der Waals surface area contributed by atoms with Crippen LogP contribution in [0.25, 0.3) is 79.3 Å². The molecule has 0 saturated carbocycles. The van der Waals surface area contributed by atoms with Gasteiger partial charge in [-0.1, -0.05) is 83.9 Å². The van der Waals surface area contributed by atoms with Gasteiger partial charge in [0.2, 0.25) is 0 Å². The predicted molar refractivity (Wildman–Crippen MR) is 283 cm³/mol. The second-order valence-electron chi connectivity index (χ2n) is 15.6. The monoisotopic (exact) mass is 990 g/mol. The smallest absolute Gasteiger partial charge is 0.300 e. The molecule has 6 aromatic carbocycles. The fourth-order valence-corrected chi connectivity index (χ4v) is 7.95. The van der Waals surface area contributed by atoms with Gasteiger partial charge in [0.15, 0.2) is 0 Å². The standard InChI is InChI=1S/2C27H20ClN5O.C2H4O2/c2*1-2-34-25-13-12-18(15-22(25)28)26-20(17-33(32-26)21-8-4-3-5-9-21)14-19(16-29)27-30-23-10-6-7-11-24(23)31-27;1-2(3)4/h2*3-15,17H,2H2,1H3,(H,30,31);1H3,(H,3,4)/b2*19-14-;. The summed E-state index contributed by atoms with van der Waals surface area (Å²) in [4.78, 5) is 24.6. The lowest BCUT2D eigenvalue weighted by Gasteiger charge is -2.07. The van der Waals surface area contributed by atoms with Gasteiger partial charge in [0.05, 0.1) is 67.8 Å². The molecule has 0 fully saturated rings. The van der Waals surface area contributed by atoms with E-state index in [4.69, 9.17) is 52.8 Å². The SMILES string of the molecule is CC(=O)O.CCOc1ccc(-c2nn(-c3ccccc3)cc2/C=C(/C#N)c2nc3ccccc3[nH]2)cc1Cl.CCOc1ccc(-c2nn(-c3ccccc3)cc2/C=C(/C#N)c2nc3ccccc3[nH]2)cc1Cl.